The van der Waals surface area contributed by atoms with Crippen LogP contribution >= 0.6 is 0 Å². The van der Waals surface area contributed by atoms with Crippen LogP contribution in [-0.2, 0) is 19.7 Å². The lowest BCUT2D eigenvalue weighted by Gasteiger charge is -2.38. The number of carbonyl (C=O) groups is 2. The Bertz CT molecular complexity index is 1730. The molecule has 44 heavy (non-hydrogen) atoms. The number of hydrogen-bond donors (Lipinski definition) is 1. The molecule has 3 atom stereocenters. The molecule has 6 rings (SSSR count). The van der Waals surface area contributed by atoms with Gasteiger partial charge in [0.05, 0.1) is 22.8 Å². The van der Waals surface area contributed by atoms with Crippen LogP contribution in [0.15, 0.2) is 107 Å². The van der Waals surface area contributed by atoms with E-state index in [1.165, 1.54) is 16.8 Å². The van der Waals surface area contributed by atoms with Crippen LogP contribution in [0.2, 0.25) is 0 Å². The predicted octanol–water partition coefficient (Wildman–Crippen LogP) is 2.24. The zero-order valence-corrected chi connectivity index (χ0v) is 25.6. The highest BCUT2D eigenvalue weighted by atomic mass is 28.3. The first kappa shape index (κ1) is 29.6. The van der Waals surface area contributed by atoms with E-state index >= 15 is 0 Å². The molecule has 3 heterocycles. The number of aromatic amines is 1. The summed E-state index contributed by atoms with van der Waals surface area (Å²) in [7, 11) is -2.01. The van der Waals surface area contributed by atoms with Crippen molar-refractivity contribution in [2.45, 2.75) is 50.3 Å². The van der Waals surface area contributed by atoms with E-state index < -0.39 is 55.0 Å². The van der Waals surface area contributed by atoms with E-state index in [0.29, 0.717) is 0 Å². The van der Waals surface area contributed by atoms with E-state index in [2.05, 4.69) is 4.98 Å². The minimum absolute atomic E-state index is 0.204. The molecule has 3 aromatic carbocycles. The lowest BCUT2D eigenvalue weighted by molar-refractivity contribution is -0.164. The van der Waals surface area contributed by atoms with Crippen LogP contribution in [0.4, 0.5) is 0 Å². The van der Waals surface area contributed by atoms with E-state index in [1.807, 2.05) is 81.4 Å². The van der Waals surface area contributed by atoms with Gasteiger partial charge in [-0.05, 0) is 32.9 Å². The molecular formula is C33H32N3O7Si. The molecular weight excluding hydrogens is 578 g/mol. The minimum Gasteiger partial charge on any atom is -0.370 e. The van der Waals surface area contributed by atoms with Crippen molar-refractivity contribution in [3.05, 3.63) is 129 Å². The summed E-state index contributed by atoms with van der Waals surface area (Å²) in [6, 6.07) is 27.5. The van der Waals surface area contributed by atoms with Gasteiger partial charge < -0.3 is 9.47 Å². The highest BCUT2D eigenvalue weighted by Gasteiger charge is 2.57. The number of aromatic nitrogens is 2. The van der Waals surface area contributed by atoms with E-state index in [-0.39, 0.29) is 24.2 Å². The number of carbonyl (C=O) groups excluding carboxylic acids is 2. The molecule has 0 unspecified atom stereocenters. The summed E-state index contributed by atoms with van der Waals surface area (Å²) in [5.74, 6) is -1.11. The van der Waals surface area contributed by atoms with Gasteiger partial charge in [-0.25, -0.2) is 4.79 Å². The topological polar surface area (TPSA) is 120 Å². The number of benzene rings is 3. The molecule has 225 valence electrons. The number of ether oxygens (including phenoxy) is 2. The molecule has 1 radical (unpaired) electrons. The summed E-state index contributed by atoms with van der Waals surface area (Å²) in [6.07, 6.45) is 0.269. The fourth-order valence-electron chi connectivity index (χ4n) is 5.89. The monoisotopic (exact) mass is 610 g/mol. The van der Waals surface area contributed by atoms with Crippen molar-refractivity contribution < 1.29 is 23.9 Å². The van der Waals surface area contributed by atoms with Gasteiger partial charge in [0.2, 0.25) is 0 Å². The van der Waals surface area contributed by atoms with Gasteiger partial charge in [0.25, 0.3) is 17.4 Å². The lowest BCUT2D eigenvalue weighted by Crippen LogP contribution is -2.64. The number of amides is 2. The minimum atomic E-state index is -2.01. The Kier molecular flexibility index (Phi) is 7.80. The van der Waals surface area contributed by atoms with Crippen molar-refractivity contribution >= 4 is 31.0 Å². The van der Waals surface area contributed by atoms with Gasteiger partial charge in [0.1, 0.15) is 18.1 Å². The first-order valence-electron chi connectivity index (χ1n) is 14.3. The van der Waals surface area contributed by atoms with E-state index in [9.17, 15) is 19.2 Å². The number of H-pyrrole nitrogens is 1. The van der Waals surface area contributed by atoms with Crippen LogP contribution in [0.3, 0.4) is 0 Å². The number of hydroxylamine groups is 2. The van der Waals surface area contributed by atoms with Gasteiger partial charge in [-0.1, -0.05) is 83.2 Å². The van der Waals surface area contributed by atoms with Crippen LogP contribution in [-0.4, -0.2) is 59.6 Å². The van der Waals surface area contributed by atoms with Crippen LogP contribution in [0.25, 0.3) is 0 Å². The number of nitrogens with zero attached hydrogens (tertiary/aromatic N) is 2. The quantitative estimate of drug-likeness (QED) is 0.240. The van der Waals surface area contributed by atoms with Crippen LogP contribution in [0.5, 0.6) is 0 Å². The van der Waals surface area contributed by atoms with Gasteiger partial charge in [0.15, 0.2) is 8.80 Å². The molecule has 10 nitrogen and oxygen atoms in total. The second kappa shape index (κ2) is 11.6. The SMILES string of the molecule is CC(C)(C)O[C@H]1C[C@@](n2ccc(=O)[nH]c2=O)([Si](c2ccccc2)c2ccccc2)O[C@@H]1CON1C(=O)c2ccccc2C1=O. The summed E-state index contributed by atoms with van der Waals surface area (Å²) in [4.78, 5) is 60.1. The van der Waals surface area contributed by atoms with E-state index in [0.717, 1.165) is 15.4 Å². The molecule has 0 bridgehead atoms. The van der Waals surface area contributed by atoms with Gasteiger partial charge in [-0.2, -0.15) is 0 Å². The summed E-state index contributed by atoms with van der Waals surface area (Å²) < 4.78 is 15.0. The fourth-order valence-corrected chi connectivity index (χ4v) is 9.27. The molecule has 0 saturated carbocycles. The van der Waals surface area contributed by atoms with Crippen LogP contribution < -0.4 is 21.6 Å². The zero-order valence-electron chi connectivity index (χ0n) is 24.6. The molecule has 2 amide bonds. The Hall–Kier alpha value is -4.42. The number of hydrogen-bond acceptors (Lipinski definition) is 7. The lowest BCUT2D eigenvalue weighted by atomic mass is 10.1. The highest BCUT2D eigenvalue weighted by Crippen LogP contribution is 2.40. The summed E-state index contributed by atoms with van der Waals surface area (Å²) in [6.45, 7) is 5.55. The maximum absolute atomic E-state index is 13.6. The average molecular weight is 611 g/mol. The second-order valence-electron chi connectivity index (χ2n) is 11.7. The Balaban J connectivity index is 1.45. The smallest absolute Gasteiger partial charge is 0.330 e. The third-order valence-corrected chi connectivity index (χ3v) is 10.8. The molecule has 1 N–H and O–H groups in total. The van der Waals surface area contributed by atoms with Crippen molar-refractivity contribution in [3.63, 3.8) is 0 Å². The van der Waals surface area contributed by atoms with Gasteiger partial charge in [-0.3, -0.25) is 28.8 Å². The Morgan fingerprint density at radius 2 is 1.39 bits per heavy atom. The second-order valence-corrected chi connectivity index (χ2v) is 14.4. The summed E-state index contributed by atoms with van der Waals surface area (Å²) >= 11 is 0. The molecule has 11 heteroatoms. The fraction of sp³-hybridized carbons (Fsp3) is 0.273. The van der Waals surface area contributed by atoms with Gasteiger partial charge >= 0.3 is 5.69 Å². The van der Waals surface area contributed by atoms with Crippen molar-refractivity contribution in [3.8, 4) is 0 Å². The normalized spacial score (nSPS) is 21.7. The van der Waals surface area contributed by atoms with Crippen molar-refractivity contribution in [2.24, 2.45) is 0 Å². The average Bonchev–Trinajstić information content (AvgIpc) is 3.46. The summed E-state index contributed by atoms with van der Waals surface area (Å²) in [5, 5.41) is 1.39. The van der Waals surface area contributed by atoms with E-state index in [4.69, 9.17) is 14.3 Å². The first-order valence-corrected chi connectivity index (χ1v) is 15.8. The Morgan fingerprint density at radius 1 is 0.841 bits per heavy atom. The molecule has 1 saturated heterocycles. The molecule has 2 aliphatic rings. The maximum atomic E-state index is 13.6. The molecule has 0 aliphatic carbocycles. The maximum Gasteiger partial charge on any atom is 0.330 e. The molecule has 1 aromatic heterocycles. The molecule has 4 aromatic rings. The highest BCUT2D eigenvalue weighted by molar-refractivity contribution is 6.86. The van der Waals surface area contributed by atoms with E-state index in [1.54, 1.807) is 24.3 Å². The molecule has 0 spiro atoms. The standard InChI is InChI=1S/C33H32N3O7Si/c1-32(2,3)42-26-20-33(35-19-18-28(37)34-31(35)40,44(22-12-6-4-7-13-22)23-14-8-5-9-15-23)43-27(26)21-41-36-29(38)24-16-10-11-17-25(24)30(36)39/h4-19,26-27H,20-21H2,1-3H3,(H,34,37,40)/t26-,27+,33-/m0/s1. The van der Waals surface area contributed by atoms with Gasteiger partial charge in [-0.15, -0.1) is 5.06 Å². The predicted molar refractivity (Wildman–Crippen MR) is 164 cm³/mol. The first-order chi connectivity index (χ1) is 21.1. The van der Waals surface area contributed by atoms with Crippen molar-refractivity contribution in [1.29, 1.82) is 0 Å². The van der Waals surface area contributed by atoms with Gasteiger partial charge in [0, 0.05) is 18.7 Å². The Morgan fingerprint density at radius 3 is 1.91 bits per heavy atom. The number of fused-ring (bicyclic) bond motifs is 1. The number of rotatable bonds is 8. The molecule has 1 fully saturated rings. The van der Waals surface area contributed by atoms with Crippen LogP contribution in [0, 0.1) is 0 Å². The van der Waals surface area contributed by atoms with Crippen LogP contribution in [0.1, 0.15) is 47.9 Å². The summed E-state index contributed by atoms with van der Waals surface area (Å²) in [5.41, 5.74) is -1.23. The third-order valence-electron chi connectivity index (χ3n) is 7.60. The third kappa shape index (κ3) is 5.50. The largest absolute Gasteiger partial charge is 0.370 e. The molecule has 2 aliphatic heterocycles. The van der Waals surface area contributed by atoms with Crippen molar-refractivity contribution in [1.82, 2.24) is 14.6 Å². The van der Waals surface area contributed by atoms with Crippen molar-refractivity contribution in [2.75, 3.05) is 6.61 Å². The number of nitrogens with one attached hydrogen (secondary N) is 1. The number of imide groups is 1. The zero-order chi connectivity index (χ0) is 31.1. The Labute approximate surface area is 255 Å².